The maximum absolute atomic E-state index is 13.2. The molecule has 142 valence electrons. The molecule has 1 saturated carbocycles. The molecule has 0 saturated heterocycles. The maximum atomic E-state index is 13.2. The van der Waals surface area contributed by atoms with Gasteiger partial charge in [-0.2, -0.15) is 0 Å². The van der Waals surface area contributed by atoms with E-state index >= 15 is 0 Å². The summed E-state index contributed by atoms with van der Waals surface area (Å²) >= 11 is 6.16. The topological polar surface area (TPSA) is 81.2 Å². The number of aryl methyl sites for hydroxylation is 1. The van der Waals surface area contributed by atoms with Gasteiger partial charge in [-0.3, -0.25) is 14.5 Å². The molecule has 2 N–H and O–H groups in total. The highest BCUT2D eigenvalue weighted by Crippen LogP contribution is 2.56. The van der Waals surface area contributed by atoms with Crippen LogP contribution in [-0.2, 0) is 28.1 Å². The lowest BCUT2D eigenvalue weighted by Gasteiger charge is -2.19. The summed E-state index contributed by atoms with van der Waals surface area (Å²) in [6.07, 6.45) is 3.71. The Morgan fingerprint density at radius 3 is 2.82 bits per heavy atom. The van der Waals surface area contributed by atoms with Crippen molar-refractivity contribution in [1.29, 1.82) is 0 Å². The third-order valence-electron chi connectivity index (χ3n) is 5.81. The number of nitrogens with zero attached hydrogens (tertiary/aromatic N) is 3. The number of anilines is 1. The van der Waals surface area contributed by atoms with E-state index in [9.17, 15) is 9.59 Å². The Balaban J connectivity index is 1.57. The molecule has 0 radical (unpaired) electrons. The van der Waals surface area contributed by atoms with Crippen LogP contribution < -0.4 is 10.6 Å². The molecule has 0 unspecified atom stereocenters. The average molecular weight is 395 g/mol. The number of halogens is 1. The number of fused-ring (bicyclic) bond motifs is 3. The van der Waals surface area contributed by atoms with Crippen molar-refractivity contribution in [3.63, 3.8) is 0 Å². The number of carbonyl (C=O) groups excluding carboxylic acids is 2. The van der Waals surface area contributed by atoms with Crippen molar-refractivity contribution in [2.45, 2.75) is 37.8 Å². The van der Waals surface area contributed by atoms with Gasteiger partial charge in [-0.15, -0.1) is 0 Å². The molecule has 1 aromatic carbocycles. The highest BCUT2D eigenvalue weighted by molar-refractivity contribution is 6.31. The van der Waals surface area contributed by atoms with Gasteiger partial charge in [0.1, 0.15) is 5.82 Å². The van der Waals surface area contributed by atoms with Crippen LogP contribution in [0, 0.1) is 0 Å². The first kappa shape index (κ1) is 17.3. The largest absolute Gasteiger partial charge is 0.370 e. The first-order valence-corrected chi connectivity index (χ1v) is 9.71. The van der Waals surface area contributed by atoms with Crippen molar-refractivity contribution in [3.05, 3.63) is 58.9 Å². The number of primary amides is 1. The molecule has 1 aliphatic carbocycles. The molecule has 6 nitrogen and oxygen atoms in total. The van der Waals surface area contributed by atoms with Crippen molar-refractivity contribution >= 4 is 40.1 Å². The minimum absolute atomic E-state index is 0.117. The lowest BCUT2D eigenvalue weighted by molar-refractivity contribution is -0.120. The summed E-state index contributed by atoms with van der Waals surface area (Å²) in [7, 11) is 0. The predicted molar refractivity (Wildman–Crippen MR) is 107 cm³/mol. The fourth-order valence-corrected chi connectivity index (χ4v) is 4.47. The molecule has 28 heavy (non-hydrogen) atoms. The first-order valence-electron chi connectivity index (χ1n) is 9.33. The van der Waals surface area contributed by atoms with Gasteiger partial charge in [0.25, 0.3) is 0 Å². The van der Waals surface area contributed by atoms with Gasteiger partial charge in [-0.05, 0) is 43.2 Å². The maximum Gasteiger partial charge on any atom is 0.239 e. The summed E-state index contributed by atoms with van der Waals surface area (Å²) in [5.41, 5.74) is 7.92. The zero-order valence-corrected chi connectivity index (χ0v) is 15.9. The molecule has 3 heterocycles. The number of aromatic nitrogens is 2. The molecule has 0 bridgehead atoms. The van der Waals surface area contributed by atoms with Crippen molar-refractivity contribution in [2.75, 3.05) is 4.90 Å². The Morgan fingerprint density at radius 1 is 1.25 bits per heavy atom. The number of rotatable bonds is 5. The quantitative estimate of drug-likeness (QED) is 0.721. The van der Waals surface area contributed by atoms with Crippen LogP contribution in [0.2, 0.25) is 5.02 Å². The van der Waals surface area contributed by atoms with E-state index in [-0.39, 0.29) is 23.7 Å². The normalized spacial score (nSPS) is 16.8. The van der Waals surface area contributed by atoms with Crippen LogP contribution in [-0.4, -0.2) is 21.4 Å². The summed E-state index contributed by atoms with van der Waals surface area (Å²) < 4.78 is 2.05. The van der Waals surface area contributed by atoms with Crippen LogP contribution in [0.25, 0.3) is 10.9 Å². The molecule has 2 aliphatic rings. The van der Waals surface area contributed by atoms with Crippen LogP contribution >= 0.6 is 11.6 Å². The van der Waals surface area contributed by atoms with Crippen LogP contribution in [0.4, 0.5) is 5.82 Å². The zero-order valence-electron chi connectivity index (χ0n) is 15.2. The summed E-state index contributed by atoms with van der Waals surface area (Å²) in [5, 5.41) is 1.62. The number of nitrogens with two attached hydrogens (primary N) is 1. The molecule has 1 aliphatic heterocycles. The van der Waals surface area contributed by atoms with Crippen molar-refractivity contribution in [2.24, 2.45) is 5.73 Å². The molecule has 2 aromatic heterocycles. The van der Waals surface area contributed by atoms with E-state index in [2.05, 4.69) is 4.98 Å². The molecule has 2 amide bonds. The van der Waals surface area contributed by atoms with E-state index in [1.54, 1.807) is 11.1 Å². The fraction of sp³-hybridized carbons (Fsp3) is 0.286. The van der Waals surface area contributed by atoms with E-state index in [4.69, 9.17) is 17.3 Å². The Morgan fingerprint density at radius 2 is 2.07 bits per heavy atom. The van der Waals surface area contributed by atoms with Gasteiger partial charge in [0.2, 0.25) is 11.8 Å². The Labute approximate surface area is 166 Å². The molecule has 7 heteroatoms. The van der Waals surface area contributed by atoms with E-state index < -0.39 is 0 Å². The predicted octanol–water partition coefficient (Wildman–Crippen LogP) is 3.14. The summed E-state index contributed by atoms with van der Waals surface area (Å²) in [4.78, 5) is 30.8. The highest BCUT2D eigenvalue weighted by atomic mass is 35.5. The number of pyridine rings is 1. The molecule has 5 rings (SSSR count). The Kier molecular flexibility index (Phi) is 3.74. The number of hydrogen-bond acceptors (Lipinski definition) is 3. The zero-order chi connectivity index (χ0) is 19.5. The number of benzene rings is 1. The Bertz CT molecular complexity index is 1130. The Hall–Kier alpha value is -2.86. The van der Waals surface area contributed by atoms with Crippen molar-refractivity contribution in [3.8, 4) is 0 Å². The third kappa shape index (κ3) is 2.52. The second-order valence-electron chi connectivity index (χ2n) is 7.55. The summed E-state index contributed by atoms with van der Waals surface area (Å²) in [5.74, 6) is 0.503. The number of hydrogen-bond donors (Lipinski definition) is 1. The molecule has 3 aromatic rings. The van der Waals surface area contributed by atoms with Gasteiger partial charge in [0, 0.05) is 46.3 Å². The molecule has 1 spiro atoms. The smallest absolute Gasteiger partial charge is 0.239 e. The SMILES string of the molecule is NC(=O)CCn1c(CN2C(=O)C3(CC3)c3cccnc32)cc2cc(Cl)ccc21. The fourth-order valence-electron chi connectivity index (χ4n) is 4.29. The van der Waals surface area contributed by atoms with Gasteiger partial charge in [-0.1, -0.05) is 17.7 Å². The first-order chi connectivity index (χ1) is 13.5. The van der Waals surface area contributed by atoms with E-state index in [0.717, 1.165) is 40.8 Å². The highest BCUT2D eigenvalue weighted by Gasteiger charge is 2.59. The van der Waals surface area contributed by atoms with Crippen LogP contribution in [0.1, 0.15) is 30.5 Å². The van der Waals surface area contributed by atoms with Gasteiger partial charge in [0.15, 0.2) is 0 Å². The molecular weight excluding hydrogens is 376 g/mol. The monoisotopic (exact) mass is 394 g/mol. The van der Waals surface area contributed by atoms with E-state index in [0.29, 0.717) is 18.1 Å². The second kappa shape index (κ2) is 6.07. The van der Waals surface area contributed by atoms with Crippen molar-refractivity contribution in [1.82, 2.24) is 9.55 Å². The summed E-state index contributed by atoms with van der Waals surface area (Å²) in [6.45, 7) is 0.855. The lowest BCUT2D eigenvalue weighted by atomic mass is 10.00. The van der Waals surface area contributed by atoms with Gasteiger partial charge in [-0.25, -0.2) is 4.98 Å². The molecular formula is C21H19ClN4O2. The van der Waals surface area contributed by atoms with Crippen molar-refractivity contribution < 1.29 is 9.59 Å². The van der Waals surface area contributed by atoms with Gasteiger partial charge >= 0.3 is 0 Å². The van der Waals surface area contributed by atoms with Crippen LogP contribution in [0.5, 0.6) is 0 Å². The summed E-state index contributed by atoms with van der Waals surface area (Å²) in [6, 6.07) is 11.6. The average Bonchev–Trinajstić information content (AvgIpc) is 3.36. The van der Waals surface area contributed by atoms with E-state index in [1.165, 1.54) is 0 Å². The van der Waals surface area contributed by atoms with Crippen LogP contribution in [0.15, 0.2) is 42.6 Å². The standard InChI is InChI=1S/C21H19ClN4O2/c22-14-3-4-17-13(10-14)11-15(25(17)9-5-18(23)27)12-26-19-16(2-1-8-24-19)21(6-7-21)20(26)28/h1-4,8,10-11H,5-7,9,12H2,(H2,23,27). The second-order valence-corrected chi connectivity index (χ2v) is 7.99. The molecule has 0 atom stereocenters. The van der Waals surface area contributed by atoms with Gasteiger partial charge in [0.05, 0.1) is 12.0 Å². The van der Waals surface area contributed by atoms with Gasteiger partial charge < -0.3 is 10.3 Å². The number of carbonyl (C=O) groups is 2. The van der Waals surface area contributed by atoms with Crippen LogP contribution in [0.3, 0.4) is 0 Å². The number of amides is 2. The molecule has 1 fully saturated rings. The third-order valence-corrected chi connectivity index (χ3v) is 6.05. The van der Waals surface area contributed by atoms with E-state index in [1.807, 2.05) is 41.0 Å². The minimum atomic E-state index is -0.378. The minimum Gasteiger partial charge on any atom is -0.370 e. The lowest BCUT2D eigenvalue weighted by Crippen LogP contribution is -2.32.